The molecule has 1 fully saturated rings. The van der Waals surface area contributed by atoms with Crippen molar-refractivity contribution in [1.82, 2.24) is 4.90 Å². The van der Waals surface area contributed by atoms with E-state index in [1.54, 1.807) is 0 Å². The minimum atomic E-state index is -4.51. The topological polar surface area (TPSA) is 40.6 Å². The molecule has 1 heterocycles. The van der Waals surface area contributed by atoms with E-state index < -0.39 is 35.2 Å². The second kappa shape index (κ2) is 6.98. The molecule has 0 aliphatic carbocycles. The van der Waals surface area contributed by atoms with Gasteiger partial charge >= 0.3 is 18.0 Å². The molecule has 0 saturated carbocycles. The Morgan fingerprint density at radius 1 is 0.889 bits per heavy atom. The number of amides is 2. The Morgan fingerprint density at radius 3 is 2.30 bits per heavy atom. The maximum absolute atomic E-state index is 13.4. The zero-order valence-corrected chi connectivity index (χ0v) is 13.8. The lowest BCUT2D eigenvalue weighted by Crippen LogP contribution is -2.54. The third kappa shape index (κ3) is 3.91. The Hall–Kier alpha value is -2.97. The highest BCUT2D eigenvalue weighted by Gasteiger charge is 2.34. The molecule has 0 atom stereocenters. The number of benzene rings is 2. The Morgan fingerprint density at radius 2 is 1.63 bits per heavy atom. The Labute approximate surface area is 150 Å². The number of nitrogens with zero attached hydrogens (tertiary/aromatic N) is 2. The van der Waals surface area contributed by atoms with Crippen molar-refractivity contribution < 1.29 is 31.5 Å². The molecule has 3 rings (SSSR count). The molecule has 2 aromatic carbocycles. The summed E-state index contributed by atoms with van der Waals surface area (Å²) in [5, 5.41) is 0. The van der Waals surface area contributed by atoms with Crippen LogP contribution in [0.1, 0.15) is 11.1 Å². The molecule has 1 saturated heterocycles. The standard InChI is InChI=1S/C18H13F5N2O2/c19-14-5-4-13(9-15(14)20)25-7-6-24(16(26)17(25)27)10-11-2-1-3-12(8-11)18(21,22)23/h1-5,8-9H,6-7,10H2. The highest BCUT2D eigenvalue weighted by atomic mass is 19.4. The number of carbonyl (C=O) groups excluding carboxylic acids is 2. The third-order valence-electron chi connectivity index (χ3n) is 4.15. The highest BCUT2D eigenvalue weighted by molar-refractivity contribution is 6.40. The van der Waals surface area contributed by atoms with Gasteiger partial charge in [0.25, 0.3) is 0 Å². The summed E-state index contributed by atoms with van der Waals surface area (Å²) >= 11 is 0. The SMILES string of the molecule is O=C1C(=O)N(c2ccc(F)c(F)c2)CCN1Cc1cccc(C(F)(F)F)c1. The fourth-order valence-corrected chi connectivity index (χ4v) is 2.79. The molecule has 1 aliphatic rings. The third-order valence-corrected chi connectivity index (χ3v) is 4.15. The van der Waals surface area contributed by atoms with Crippen LogP contribution in [-0.4, -0.2) is 29.8 Å². The van der Waals surface area contributed by atoms with Crippen molar-refractivity contribution in [1.29, 1.82) is 0 Å². The number of hydrogen-bond acceptors (Lipinski definition) is 2. The van der Waals surface area contributed by atoms with Crippen molar-refractivity contribution in [3.05, 3.63) is 65.2 Å². The average molecular weight is 384 g/mol. The van der Waals surface area contributed by atoms with Gasteiger partial charge in [0, 0.05) is 31.4 Å². The average Bonchev–Trinajstić information content (AvgIpc) is 2.61. The molecule has 0 aromatic heterocycles. The van der Waals surface area contributed by atoms with Crippen molar-refractivity contribution >= 4 is 17.5 Å². The Balaban J connectivity index is 1.75. The van der Waals surface area contributed by atoms with Crippen LogP contribution >= 0.6 is 0 Å². The van der Waals surface area contributed by atoms with Crippen LogP contribution in [0.25, 0.3) is 0 Å². The van der Waals surface area contributed by atoms with Crippen LogP contribution in [0.4, 0.5) is 27.6 Å². The molecule has 0 radical (unpaired) electrons. The Bertz CT molecular complexity index is 898. The summed E-state index contributed by atoms with van der Waals surface area (Å²) in [7, 11) is 0. The van der Waals surface area contributed by atoms with E-state index in [1.165, 1.54) is 18.2 Å². The molecule has 0 unspecified atom stereocenters. The number of alkyl halides is 3. The van der Waals surface area contributed by atoms with Crippen LogP contribution in [0.15, 0.2) is 42.5 Å². The van der Waals surface area contributed by atoms with Gasteiger partial charge < -0.3 is 9.80 Å². The highest BCUT2D eigenvalue weighted by Crippen LogP contribution is 2.30. The maximum Gasteiger partial charge on any atom is 0.416 e. The van der Waals surface area contributed by atoms with E-state index in [0.29, 0.717) is 0 Å². The molecule has 142 valence electrons. The molecule has 0 spiro atoms. The normalized spacial score (nSPS) is 15.4. The molecule has 4 nitrogen and oxygen atoms in total. The molecule has 0 bridgehead atoms. The fraction of sp³-hybridized carbons (Fsp3) is 0.222. The summed E-state index contributed by atoms with van der Waals surface area (Å²) in [6.45, 7) is -0.117. The fourth-order valence-electron chi connectivity index (χ4n) is 2.79. The van der Waals surface area contributed by atoms with Crippen LogP contribution < -0.4 is 4.90 Å². The number of hydrogen-bond donors (Lipinski definition) is 0. The van der Waals surface area contributed by atoms with Gasteiger partial charge in [-0.2, -0.15) is 13.2 Å². The quantitative estimate of drug-likeness (QED) is 0.602. The second-order valence-electron chi connectivity index (χ2n) is 5.98. The van der Waals surface area contributed by atoms with Crippen molar-refractivity contribution in [3.63, 3.8) is 0 Å². The van der Waals surface area contributed by atoms with Gasteiger partial charge in [0.15, 0.2) is 11.6 Å². The molecular weight excluding hydrogens is 371 g/mol. The monoisotopic (exact) mass is 384 g/mol. The predicted molar refractivity (Wildman–Crippen MR) is 85.6 cm³/mol. The zero-order chi connectivity index (χ0) is 19.8. The van der Waals surface area contributed by atoms with Gasteiger partial charge in [-0.05, 0) is 29.8 Å². The minimum absolute atomic E-state index is 0.00854. The molecular formula is C18H13F5N2O2. The van der Waals surface area contributed by atoms with Gasteiger partial charge in [0.05, 0.1) is 5.56 Å². The number of halogens is 5. The van der Waals surface area contributed by atoms with Gasteiger partial charge in [0.2, 0.25) is 0 Å². The number of rotatable bonds is 3. The van der Waals surface area contributed by atoms with Crippen LogP contribution in [-0.2, 0) is 22.3 Å². The van der Waals surface area contributed by atoms with Gasteiger partial charge in [-0.25, -0.2) is 8.78 Å². The van der Waals surface area contributed by atoms with Gasteiger partial charge in [-0.15, -0.1) is 0 Å². The first-order chi connectivity index (χ1) is 12.7. The second-order valence-corrected chi connectivity index (χ2v) is 5.98. The van der Waals surface area contributed by atoms with Gasteiger partial charge in [0.1, 0.15) is 0 Å². The zero-order valence-electron chi connectivity index (χ0n) is 13.8. The molecule has 9 heteroatoms. The lowest BCUT2D eigenvalue weighted by Gasteiger charge is -2.33. The van der Waals surface area contributed by atoms with Crippen molar-refractivity contribution in [2.75, 3.05) is 18.0 Å². The van der Waals surface area contributed by atoms with Crippen LogP contribution in [0.5, 0.6) is 0 Å². The number of piperazine rings is 1. The summed E-state index contributed by atoms with van der Waals surface area (Å²) in [5.74, 6) is -4.12. The van der Waals surface area contributed by atoms with Crippen LogP contribution in [0, 0.1) is 11.6 Å². The lowest BCUT2D eigenvalue weighted by molar-refractivity contribution is -0.146. The van der Waals surface area contributed by atoms with Gasteiger partial charge in [-0.3, -0.25) is 9.59 Å². The van der Waals surface area contributed by atoms with Crippen molar-refractivity contribution in [2.24, 2.45) is 0 Å². The van der Waals surface area contributed by atoms with Crippen molar-refractivity contribution in [2.45, 2.75) is 12.7 Å². The first-order valence-corrected chi connectivity index (χ1v) is 7.89. The summed E-state index contributed by atoms with van der Waals surface area (Å²) in [6.07, 6.45) is -4.51. The van der Waals surface area contributed by atoms with E-state index in [0.717, 1.165) is 34.1 Å². The summed E-state index contributed by atoms with van der Waals surface area (Å²) in [6, 6.07) is 7.31. The predicted octanol–water partition coefficient (Wildman–Crippen LogP) is 3.36. The van der Waals surface area contributed by atoms with E-state index in [2.05, 4.69) is 0 Å². The van der Waals surface area contributed by atoms with E-state index in [4.69, 9.17) is 0 Å². The van der Waals surface area contributed by atoms with Crippen LogP contribution in [0.3, 0.4) is 0 Å². The van der Waals surface area contributed by atoms with Gasteiger partial charge in [-0.1, -0.05) is 12.1 Å². The number of carbonyl (C=O) groups is 2. The van der Waals surface area contributed by atoms with E-state index in [-0.39, 0.29) is 30.9 Å². The summed E-state index contributed by atoms with van der Waals surface area (Å²) in [4.78, 5) is 26.7. The molecule has 2 amide bonds. The summed E-state index contributed by atoms with van der Waals surface area (Å²) in [5.41, 5.74) is -0.586. The van der Waals surface area contributed by atoms with E-state index in [9.17, 15) is 31.5 Å². The summed E-state index contributed by atoms with van der Waals surface area (Å²) < 4.78 is 64.7. The van der Waals surface area contributed by atoms with E-state index >= 15 is 0 Å². The van der Waals surface area contributed by atoms with Crippen LogP contribution in [0.2, 0.25) is 0 Å². The molecule has 1 aliphatic heterocycles. The molecule has 2 aromatic rings. The van der Waals surface area contributed by atoms with E-state index in [1.807, 2.05) is 0 Å². The lowest BCUT2D eigenvalue weighted by atomic mass is 10.1. The maximum atomic E-state index is 13.4. The first-order valence-electron chi connectivity index (χ1n) is 7.89. The minimum Gasteiger partial charge on any atom is -0.328 e. The Kier molecular flexibility index (Phi) is 4.86. The van der Waals surface area contributed by atoms with Crippen molar-refractivity contribution in [3.8, 4) is 0 Å². The first kappa shape index (κ1) is 18.8. The molecule has 0 N–H and O–H groups in total. The largest absolute Gasteiger partial charge is 0.416 e. The smallest absolute Gasteiger partial charge is 0.328 e. The number of anilines is 1. The molecule has 27 heavy (non-hydrogen) atoms.